The van der Waals surface area contributed by atoms with Crippen molar-refractivity contribution in [3.63, 3.8) is 0 Å². The number of hydrogen-bond donors (Lipinski definition) is 1. The van der Waals surface area contributed by atoms with E-state index in [1.807, 2.05) is 78.3 Å². The Balaban J connectivity index is 1.45. The standard InChI is InChI=1S/C24H24N4O3/c1-17-7-12-21(23(15-17)31-14-13-30-2)25-24(29)19-10-8-18(9-11-19)16-28-22-6-4-3-5-20(22)26-27-28/h3-12,15H,13-14,16H2,1-2H3,(H,25,29). The summed E-state index contributed by atoms with van der Waals surface area (Å²) in [5.74, 6) is 0.429. The van der Waals surface area contributed by atoms with Gasteiger partial charge in [0.25, 0.3) is 5.91 Å². The maximum Gasteiger partial charge on any atom is 0.255 e. The molecule has 1 N–H and O–H groups in total. The van der Waals surface area contributed by atoms with Crippen LogP contribution >= 0.6 is 0 Å². The van der Waals surface area contributed by atoms with Gasteiger partial charge in [-0.25, -0.2) is 4.68 Å². The summed E-state index contributed by atoms with van der Waals surface area (Å²) in [5, 5.41) is 11.3. The summed E-state index contributed by atoms with van der Waals surface area (Å²) in [6.45, 7) is 3.45. The molecule has 31 heavy (non-hydrogen) atoms. The Morgan fingerprint density at radius 2 is 1.84 bits per heavy atom. The third-order valence-electron chi connectivity index (χ3n) is 4.90. The van der Waals surface area contributed by atoms with Crippen LogP contribution in [0.4, 0.5) is 5.69 Å². The number of methoxy groups -OCH3 is 1. The smallest absolute Gasteiger partial charge is 0.255 e. The van der Waals surface area contributed by atoms with E-state index in [0.717, 1.165) is 22.2 Å². The predicted octanol–water partition coefficient (Wildman–Crippen LogP) is 4.07. The molecule has 1 amide bonds. The summed E-state index contributed by atoms with van der Waals surface area (Å²) in [7, 11) is 1.62. The fraction of sp³-hybridized carbons (Fsp3) is 0.208. The number of para-hydroxylation sites is 1. The van der Waals surface area contributed by atoms with E-state index in [-0.39, 0.29) is 5.91 Å². The minimum absolute atomic E-state index is 0.196. The van der Waals surface area contributed by atoms with Gasteiger partial charge in [0.1, 0.15) is 17.9 Å². The molecule has 0 aliphatic rings. The fourth-order valence-electron chi connectivity index (χ4n) is 3.25. The van der Waals surface area contributed by atoms with Gasteiger partial charge in [0.05, 0.1) is 24.4 Å². The number of rotatable bonds is 8. The topological polar surface area (TPSA) is 78.3 Å². The molecule has 0 unspecified atom stereocenters. The fourth-order valence-corrected chi connectivity index (χ4v) is 3.25. The summed E-state index contributed by atoms with van der Waals surface area (Å²) in [4.78, 5) is 12.8. The number of carbonyl (C=O) groups excluding carboxylic acids is 1. The average molecular weight is 416 g/mol. The number of amides is 1. The van der Waals surface area contributed by atoms with E-state index in [1.54, 1.807) is 7.11 Å². The van der Waals surface area contributed by atoms with Gasteiger partial charge in [-0.1, -0.05) is 35.5 Å². The number of carbonyl (C=O) groups is 1. The number of benzene rings is 3. The Kier molecular flexibility index (Phi) is 6.24. The molecule has 1 aromatic heterocycles. The van der Waals surface area contributed by atoms with Crippen molar-refractivity contribution in [2.75, 3.05) is 25.6 Å². The number of aryl methyl sites for hydroxylation is 1. The van der Waals surface area contributed by atoms with Gasteiger partial charge in [0, 0.05) is 12.7 Å². The second kappa shape index (κ2) is 9.40. The van der Waals surface area contributed by atoms with Crippen LogP contribution in [0.3, 0.4) is 0 Å². The summed E-state index contributed by atoms with van der Waals surface area (Å²) >= 11 is 0. The molecular weight excluding hydrogens is 392 g/mol. The number of nitrogens with zero attached hydrogens (tertiary/aromatic N) is 3. The lowest BCUT2D eigenvalue weighted by molar-refractivity contribution is 0.102. The van der Waals surface area contributed by atoms with Crippen LogP contribution in [0.25, 0.3) is 11.0 Å². The normalized spacial score (nSPS) is 10.9. The number of fused-ring (bicyclic) bond motifs is 1. The lowest BCUT2D eigenvalue weighted by atomic mass is 10.1. The van der Waals surface area contributed by atoms with Crippen molar-refractivity contribution in [1.29, 1.82) is 0 Å². The Hall–Kier alpha value is -3.71. The van der Waals surface area contributed by atoms with Crippen LogP contribution in [0.1, 0.15) is 21.5 Å². The van der Waals surface area contributed by atoms with Gasteiger partial charge in [0.15, 0.2) is 0 Å². The molecule has 4 aromatic rings. The van der Waals surface area contributed by atoms with Gasteiger partial charge in [-0.2, -0.15) is 0 Å². The molecule has 0 fully saturated rings. The minimum atomic E-state index is -0.196. The number of anilines is 1. The Bertz CT molecular complexity index is 1190. The molecule has 0 spiro atoms. The van der Waals surface area contributed by atoms with Crippen LogP contribution in [0, 0.1) is 6.92 Å². The van der Waals surface area contributed by atoms with Crippen molar-refractivity contribution >= 4 is 22.6 Å². The Morgan fingerprint density at radius 3 is 2.65 bits per heavy atom. The number of hydrogen-bond acceptors (Lipinski definition) is 5. The monoisotopic (exact) mass is 416 g/mol. The van der Waals surface area contributed by atoms with E-state index < -0.39 is 0 Å². The highest BCUT2D eigenvalue weighted by molar-refractivity contribution is 6.05. The van der Waals surface area contributed by atoms with Crippen molar-refractivity contribution < 1.29 is 14.3 Å². The first kappa shape index (κ1) is 20.6. The molecule has 0 saturated heterocycles. The second-order valence-electron chi connectivity index (χ2n) is 7.23. The predicted molar refractivity (Wildman–Crippen MR) is 120 cm³/mol. The highest BCUT2D eigenvalue weighted by Gasteiger charge is 2.11. The van der Waals surface area contributed by atoms with E-state index >= 15 is 0 Å². The summed E-state index contributed by atoms with van der Waals surface area (Å²) < 4.78 is 12.6. The number of nitrogens with one attached hydrogen (secondary N) is 1. The molecule has 1 heterocycles. The zero-order chi connectivity index (χ0) is 21.6. The molecule has 0 radical (unpaired) electrons. The van der Waals surface area contributed by atoms with Crippen molar-refractivity contribution in [2.45, 2.75) is 13.5 Å². The first-order valence-corrected chi connectivity index (χ1v) is 10.0. The second-order valence-corrected chi connectivity index (χ2v) is 7.23. The highest BCUT2D eigenvalue weighted by Crippen LogP contribution is 2.26. The van der Waals surface area contributed by atoms with Crippen LogP contribution in [-0.2, 0) is 11.3 Å². The molecule has 0 aliphatic carbocycles. The molecule has 3 aromatic carbocycles. The zero-order valence-corrected chi connectivity index (χ0v) is 17.5. The van der Waals surface area contributed by atoms with Crippen LogP contribution in [0.2, 0.25) is 0 Å². The molecule has 0 aliphatic heterocycles. The largest absolute Gasteiger partial charge is 0.489 e. The molecule has 158 valence electrons. The van der Waals surface area contributed by atoms with E-state index in [0.29, 0.717) is 36.8 Å². The van der Waals surface area contributed by atoms with Crippen molar-refractivity contribution in [3.05, 3.63) is 83.4 Å². The quantitative estimate of drug-likeness (QED) is 0.438. The maximum absolute atomic E-state index is 12.8. The third-order valence-corrected chi connectivity index (χ3v) is 4.90. The van der Waals surface area contributed by atoms with Crippen molar-refractivity contribution in [1.82, 2.24) is 15.0 Å². The van der Waals surface area contributed by atoms with Crippen LogP contribution in [-0.4, -0.2) is 41.2 Å². The van der Waals surface area contributed by atoms with E-state index in [2.05, 4.69) is 15.6 Å². The van der Waals surface area contributed by atoms with Crippen molar-refractivity contribution in [2.24, 2.45) is 0 Å². The molecule has 7 heteroatoms. The zero-order valence-electron chi connectivity index (χ0n) is 17.5. The Labute approximate surface area is 180 Å². The SMILES string of the molecule is COCCOc1cc(C)ccc1NC(=O)c1ccc(Cn2nnc3ccccc32)cc1. The highest BCUT2D eigenvalue weighted by atomic mass is 16.5. The van der Waals surface area contributed by atoms with Gasteiger partial charge in [0.2, 0.25) is 0 Å². The summed E-state index contributed by atoms with van der Waals surface area (Å²) in [6, 6.07) is 21.0. The van der Waals surface area contributed by atoms with Crippen LogP contribution < -0.4 is 10.1 Å². The van der Waals surface area contributed by atoms with Crippen LogP contribution in [0.15, 0.2) is 66.7 Å². The molecule has 0 saturated carbocycles. The third kappa shape index (κ3) is 4.90. The van der Waals surface area contributed by atoms with Gasteiger partial charge < -0.3 is 14.8 Å². The number of aromatic nitrogens is 3. The van der Waals surface area contributed by atoms with Gasteiger partial charge in [-0.3, -0.25) is 4.79 Å². The molecule has 0 atom stereocenters. The molecule has 4 rings (SSSR count). The first-order chi connectivity index (χ1) is 15.1. The Morgan fingerprint density at radius 1 is 1.03 bits per heavy atom. The lowest BCUT2D eigenvalue weighted by Gasteiger charge is -2.13. The van der Waals surface area contributed by atoms with Gasteiger partial charge in [-0.05, 0) is 54.4 Å². The molecular formula is C24H24N4O3. The summed E-state index contributed by atoms with van der Waals surface area (Å²) in [5.41, 5.74) is 5.12. The van der Waals surface area contributed by atoms with Gasteiger partial charge in [-0.15, -0.1) is 5.10 Å². The van der Waals surface area contributed by atoms with E-state index in [9.17, 15) is 4.79 Å². The first-order valence-electron chi connectivity index (χ1n) is 10.0. The molecule has 7 nitrogen and oxygen atoms in total. The van der Waals surface area contributed by atoms with Gasteiger partial charge >= 0.3 is 0 Å². The lowest BCUT2D eigenvalue weighted by Crippen LogP contribution is -2.14. The van der Waals surface area contributed by atoms with E-state index in [1.165, 1.54) is 0 Å². The maximum atomic E-state index is 12.8. The van der Waals surface area contributed by atoms with E-state index in [4.69, 9.17) is 9.47 Å². The van der Waals surface area contributed by atoms with Crippen LogP contribution in [0.5, 0.6) is 5.75 Å². The minimum Gasteiger partial charge on any atom is -0.489 e. The average Bonchev–Trinajstić information content (AvgIpc) is 3.19. The number of ether oxygens (including phenoxy) is 2. The van der Waals surface area contributed by atoms with Crippen molar-refractivity contribution in [3.8, 4) is 5.75 Å². The summed E-state index contributed by atoms with van der Waals surface area (Å²) in [6.07, 6.45) is 0. The molecule has 0 bridgehead atoms.